The van der Waals surface area contributed by atoms with E-state index >= 15 is 0 Å². The fraction of sp³-hybridized carbons (Fsp3) is 0.600. The van der Waals surface area contributed by atoms with Crippen LogP contribution in [-0.2, 0) is 0 Å². The van der Waals surface area contributed by atoms with Crippen LogP contribution in [-0.4, -0.2) is 12.1 Å². The normalized spacial score (nSPS) is 27.7. The Bertz CT molecular complexity index is 251. The molecule has 1 aliphatic rings. The minimum absolute atomic E-state index is 0.342. The van der Waals surface area contributed by atoms with Gasteiger partial charge in [0.15, 0.2) is 0 Å². The summed E-state index contributed by atoms with van der Waals surface area (Å²) in [5.41, 5.74) is 0.342. The van der Waals surface area contributed by atoms with E-state index in [4.69, 9.17) is 0 Å². The summed E-state index contributed by atoms with van der Waals surface area (Å²) in [6.07, 6.45) is 1.27. The monoisotopic (exact) mass is 181 g/mol. The Hall–Kier alpha value is -0.340. The summed E-state index contributed by atoms with van der Waals surface area (Å²) in [7, 11) is 0. The van der Waals surface area contributed by atoms with Crippen molar-refractivity contribution >= 4 is 11.3 Å². The van der Waals surface area contributed by atoms with Crippen molar-refractivity contribution in [2.24, 2.45) is 0 Å². The van der Waals surface area contributed by atoms with Gasteiger partial charge in [0.05, 0.1) is 0 Å². The maximum absolute atomic E-state index is 3.54. The molecule has 2 heterocycles. The molecular weight excluding hydrogens is 166 g/mol. The average Bonchev–Trinajstić information content (AvgIpc) is 2.55. The van der Waals surface area contributed by atoms with Crippen LogP contribution < -0.4 is 5.32 Å². The summed E-state index contributed by atoms with van der Waals surface area (Å²) in [5, 5.41) is 5.71. The van der Waals surface area contributed by atoms with Crippen LogP contribution in [0.15, 0.2) is 17.5 Å². The van der Waals surface area contributed by atoms with Gasteiger partial charge < -0.3 is 5.32 Å². The van der Waals surface area contributed by atoms with Gasteiger partial charge in [-0.1, -0.05) is 6.07 Å². The van der Waals surface area contributed by atoms with Crippen LogP contribution in [0.4, 0.5) is 0 Å². The Morgan fingerprint density at radius 3 is 2.92 bits per heavy atom. The van der Waals surface area contributed by atoms with E-state index in [0.29, 0.717) is 5.54 Å². The van der Waals surface area contributed by atoms with Crippen LogP contribution in [0.25, 0.3) is 0 Å². The first-order valence-electron chi connectivity index (χ1n) is 4.46. The van der Waals surface area contributed by atoms with Gasteiger partial charge in [-0.2, -0.15) is 0 Å². The van der Waals surface area contributed by atoms with Gasteiger partial charge in [0, 0.05) is 22.9 Å². The Kier molecular flexibility index (Phi) is 1.97. The number of nitrogens with one attached hydrogen (secondary N) is 1. The maximum atomic E-state index is 3.54. The molecule has 1 atom stereocenters. The lowest BCUT2D eigenvalue weighted by Crippen LogP contribution is -2.31. The van der Waals surface area contributed by atoms with Crippen LogP contribution in [0.2, 0.25) is 0 Å². The molecule has 1 unspecified atom stereocenters. The summed E-state index contributed by atoms with van der Waals surface area (Å²) < 4.78 is 0. The largest absolute Gasteiger partial charge is 0.311 e. The standard InChI is InChI=1S/C10H15NS/c1-10(2)6-8(7-11-10)9-4-3-5-12-9/h3-5,8,11H,6-7H2,1-2H3. The second-order valence-corrected chi connectivity index (χ2v) is 5.16. The quantitative estimate of drug-likeness (QED) is 0.702. The molecule has 0 radical (unpaired) electrons. The molecule has 12 heavy (non-hydrogen) atoms. The highest BCUT2D eigenvalue weighted by molar-refractivity contribution is 7.10. The number of rotatable bonds is 1. The van der Waals surface area contributed by atoms with Crippen LogP contribution in [0.1, 0.15) is 31.1 Å². The highest BCUT2D eigenvalue weighted by atomic mass is 32.1. The topological polar surface area (TPSA) is 12.0 Å². The molecule has 1 aromatic rings. The molecule has 1 nitrogen and oxygen atoms in total. The molecule has 1 fully saturated rings. The van der Waals surface area contributed by atoms with Crippen LogP contribution in [0.3, 0.4) is 0 Å². The summed E-state index contributed by atoms with van der Waals surface area (Å²) in [6.45, 7) is 5.70. The van der Waals surface area contributed by atoms with E-state index in [1.54, 1.807) is 0 Å². The molecule has 0 spiro atoms. The van der Waals surface area contributed by atoms with Gasteiger partial charge in [-0.3, -0.25) is 0 Å². The van der Waals surface area contributed by atoms with E-state index < -0.39 is 0 Å². The number of hydrogen-bond donors (Lipinski definition) is 1. The van der Waals surface area contributed by atoms with Crippen LogP contribution in [0, 0.1) is 0 Å². The van der Waals surface area contributed by atoms with Gasteiger partial charge in [-0.15, -0.1) is 11.3 Å². The van der Waals surface area contributed by atoms with E-state index in [1.807, 2.05) is 11.3 Å². The summed E-state index contributed by atoms with van der Waals surface area (Å²) in [6, 6.07) is 4.39. The molecule has 0 amide bonds. The summed E-state index contributed by atoms with van der Waals surface area (Å²) in [4.78, 5) is 1.54. The van der Waals surface area contributed by atoms with Crippen molar-refractivity contribution in [3.05, 3.63) is 22.4 Å². The second kappa shape index (κ2) is 2.86. The van der Waals surface area contributed by atoms with Gasteiger partial charge in [0.1, 0.15) is 0 Å². The van der Waals surface area contributed by atoms with E-state index in [0.717, 1.165) is 12.5 Å². The lowest BCUT2D eigenvalue weighted by molar-refractivity contribution is 0.456. The third-order valence-electron chi connectivity index (χ3n) is 2.53. The molecule has 1 aromatic heterocycles. The van der Waals surface area contributed by atoms with Crippen molar-refractivity contribution in [3.8, 4) is 0 Å². The lowest BCUT2D eigenvalue weighted by atomic mass is 9.96. The molecule has 2 heteroatoms. The first kappa shape index (κ1) is 8.27. The van der Waals surface area contributed by atoms with Crippen molar-refractivity contribution in [1.29, 1.82) is 0 Å². The maximum Gasteiger partial charge on any atom is 0.0132 e. The summed E-state index contributed by atoms with van der Waals surface area (Å²) >= 11 is 1.88. The molecular formula is C10H15NS. The molecule has 0 aromatic carbocycles. The molecule has 0 bridgehead atoms. The van der Waals surface area contributed by atoms with Gasteiger partial charge in [-0.25, -0.2) is 0 Å². The van der Waals surface area contributed by atoms with Crippen molar-refractivity contribution in [2.75, 3.05) is 6.54 Å². The minimum atomic E-state index is 0.342. The molecule has 1 saturated heterocycles. The Morgan fingerprint density at radius 2 is 2.42 bits per heavy atom. The highest BCUT2D eigenvalue weighted by Crippen LogP contribution is 2.33. The molecule has 1 N–H and O–H groups in total. The van der Waals surface area contributed by atoms with Crippen LogP contribution in [0.5, 0.6) is 0 Å². The van der Waals surface area contributed by atoms with Gasteiger partial charge in [0.25, 0.3) is 0 Å². The van der Waals surface area contributed by atoms with Gasteiger partial charge in [-0.05, 0) is 31.7 Å². The zero-order valence-electron chi connectivity index (χ0n) is 7.63. The zero-order chi connectivity index (χ0) is 8.60. The highest BCUT2D eigenvalue weighted by Gasteiger charge is 2.31. The average molecular weight is 181 g/mol. The zero-order valence-corrected chi connectivity index (χ0v) is 8.45. The van der Waals surface area contributed by atoms with Gasteiger partial charge in [0.2, 0.25) is 0 Å². The SMILES string of the molecule is CC1(C)CC(c2cccs2)CN1. The molecule has 0 saturated carbocycles. The van der Waals surface area contributed by atoms with Gasteiger partial charge >= 0.3 is 0 Å². The van der Waals surface area contributed by atoms with E-state index in [1.165, 1.54) is 11.3 Å². The number of hydrogen-bond acceptors (Lipinski definition) is 2. The Labute approximate surface area is 77.8 Å². The fourth-order valence-electron chi connectivity index (χ4n) is 1.88. The van der Waals surface area contributed by atoms with Crippen LogP contribution >= 0.6 is 11.3 Å². The summed E-state index contributed by atoms with van der Waals surface area (Å²) in [5.74, 6) is 0.750. The first-order chi connectivity index (χ1) is 5.67. The van der Waals surface area contributed by atoms with E-state index in [9.17, 15) is 0 Å². The smallest absolute Gasteiger partial charge is 0.0132 e. The lowest BCUT2D eigenvalue weighted by Gasteiger charge is -2.16. The number of thiophene rings is 1. The fourth-order valence-corrected chi connectivity index (χ4v) is 2.72. The van der Waals surface area contributed by atoms with Crippen molar-refractivity contribution in [2.45, 2.75) is 31.7 Å². The van der Waals surface area contributed by atoms with Crippen molar-refractivity contribution in [1.82, 2.24) is 5.32 Å². The molecule has 2 rings (SSSR count). The third-order valence-corrected chi connectivity index (χ3v) is 3.56. The third kappa shape index (κ3) is 1.54. The second-order valence-electron chi connectivity index (χ2n) is 4.18. The van der Waals surface area contributed by atoms with E-state index in [-0.39, 0.29) is 0 Å². The van der Waals surface area contributed by atoms with E-state index in [2.05, 4.69) is 36.7 Å². The molecule has 1 aliphatic heterocycles. The molecule has 0 aliphatic carbocycles. The Balaban J connectivity index is 2.10. The molecule has 66 valence electrons. The predicted molar refractivity (Wildman–Crippen MR) is 53.8 cm³/mol. The van der Waals surface area contributed by atoms with Crippen molar-refractivity contribution in [3.63, 3.8) is 0 Å². The van der Waals surface area contributed by atoms with Crippen molar-refractivity contribution < 1.29 is 0 Å². The first-order valence-corrected chi connectivity index (χ1v) is 5.34. The Morgan fingerprint density at radius 1 is 1.58 bits per heavy atom. The minimum Gasteiger partial charge on any atom is -0.311 e. The predicted octanol–water partition coefficient (Wildman–Crippen LogP) is 2.60.